The molecule has 0 aromatic rings. The van der Waals surface area contributed by atoms with Gasteiger partial charge in [0.2, 0.25) is 0 Å². The molecule has 16 heavy (non-hydrogen) atoms. The Labute approximate surface area is 87.7 Å². The Hall–Kier alpha value is -0.527. The van der Waals surface area contributed by atoms with E-state index in [0.717, 1.165) is 0 Å². The summed E-state index contributed by atoms with van der Waals surface area (Å²) in [5.41, 5.74) is 0. The number of rotatable bonds is 2. The zero-order valence-electron chi connectivity index (χ0n) is 6.70. The average molecular weight is 324 g/mol. The Morgan fingerprint density at radius 3 is 1.44 bits per heavy atom. The van der Waals surface area contributed by atoms with E-state index in [2.05, 4.69) is 3.86 Å². The summed E-state index contributed by atoms with van der Waals surface area (Å²) in [6.07, 6.45) is -17.2. The van der Waals surface area contributed by atoms with Crippen LogP contribution in [-0.2, 0) is 3.86 Å². The van der Waals surface area contributed by atoms with Gasteiger partial charge in [0.1, 0.15) is 0 Å². The molecule has 95 valence electrons. The zero-order chi connectivity index (χ0) is 13.2. The number of halogens is 9. The van der Waals surface area contributed by atoms with Crippen LogP contribution >= 0.6 is 0 Å². The van der Waals surface area contributed by atoms with Gasteiger partial charge in [-0.25, -0.2) is 0 Å². The number of hydrogen-bond acceptors (Lipinski definition) is 3. The van der Waals surface area contributed by atoms with Crippen molar-refractivity contribution in [3.8, 4) is 0 Å². The maximum absolute atomic E-state index is 11.6. The van der Waals surface area contributed by atoms with Crippen LogP contribution in [0.5, 0.6) is 0 Å². The number of hydroxylamine groups is 2. The minimum absolute atomic E-state index is 1.58. The average Bonchev–Trinajstić information content (AvgIpc) is 1.90. The predicted molar refractivity (Wildman–Crippen MR) is 29.3 cm³/mol. The molecule has 0 bridgehead atoms. The van der Waals surface area contributed by atoms with Crippen molar-refractivity contribution < 1.29 is 43.4 Å². The van der Waals surface area contributed by atoms with Gasteiger partial charge in [-0.15, -0.1) is 0 Å². The van der Waals surface area contributed by atoms with Crippen LogP contribution in [0.3, 0.4) is 0 Å². The SMILES string of the molecule is FC(F)(F)[N]=[Ge][O]N(C(F)(F)F)C(F)(F)F. The summed E-state index contributed by atoms with van der Waals surface area (Å²) < 4.78 is 108. The Bertz CT molecular complexity index is 239. The minimum atomic E-state index is -5.98. The molecule has 0 unspecified atom stereocenters. The molecule has 0 saturated heterocycles. The van der Waals surface area contributed by atoms with E-state index in [-0.39, 0.29) is 0 Å². The third kappa shape index (κ3) is 6.14. The van der Waals surface area contributed by atoms with Gasteiger partial charge in [0.05, 0.1) is 0 Å². The third-order valence-corrected chi connectivity index (χ3v) is 2.04. The molecule has 0 amide bonds. The van der Waals surface area contributed by atoms with E-state index in [4.69, 9.17) is 0 Å². The van der Waals surface area contributed by atoms with Gasteiger partial charge in [-0.3, -0.25) is 0 Å². The Kier molecular flexibility index (Phi) is 4.61. The van der Waals surface area contributed by atoms with Gasteiger partial charge >= 0.3 is 86.8 Å². The Balaban J connectivity index is 4.67. The van der Waals surface area contributed by atoms with E-state index in [0.29, 0.717) is 0 Å². The number of nitrogens with zero attached hydrogens (tertiary/aromatic N) is 2. The van der Waals surface area contributed by atoms with Crippen molar-refractivity contribution in [2.45, 2.75) is 18.9 Å². The zero-order valence-corrected chi connectivity index (χ0v) is 8.80. The molecule has 0 saturated carbocycles. The van der Waals surface area contributed by atoms with E-state index in [1.165, 1.54) is 0 Å². The standard InChI is InChI=1S/C3F9GeN2O/c4-1(5,6)14-13-16-15(2(7,8)9)3(10,11)12. The molecule has 0 N–H and O–H groups in total. The second-order valence-corrected chi connectivity index (χ2v) is 3.23. The molecule has 0 heterocycles. The second-order valence-electron chi connectivity index (χ2n) is 1.99. The van der Waals surface area contributed by atoms with Gasteiger partial charge in [0.15, 0.2) is 0 Å². The third-order valence-electron chi connectivity index (χ3n) is 0.765. The van der Waals surface area contributed by atoms with Crippen LogP contribution in [0.2, 0.25) is 0 Å². The summed E-state index contributed by atoms with van der Waals surface area (Å²) >= 11 is -3.29. The molecule has 0 aromatic heterocycles. The van der Waals surface area contributed by atoms with Gasteiger partial charge < -0.3 is 0 Å². The first-order valence-electron chi connectivity index (χ1n) is 2.98. The van der Waals surface area contributed by atoms with Crippen LogP contribution in [-0.4, -0.2) is 39.5 Å². The van der Waals surface area contributed by atoms with Gasteiger partial charge in [-0.05, 0) is 0 Å². The van der Waals surface area contributed by atoms with Gasteiger partial charge in [0.25, 0.3) is 0 Å². The maximum atomic E-state index is 11.6. The van der Waals surface area contributed by atoms with Crippen LogP contribution in [0.1, 0.15) is 0 Å². The predicted octanol–water partition coefficient (Wildman–Crippen LogP) is 2.58. The first-order chi connectivity index (χ1) is 6.84. The van der Waals surface area contributed by atoms with Gasteiger partial charge in [0, 0.05) is 0 Å². The summed E-state index contributed by atoms with van der Waals surface area (Å²) in [6.45, 7) is 0. The fourth-order valence-corrected chi connectivity index (χ4v) is 1.27. The first kappa shape index (κ1) is 15.5. The van der Waals surface area contributed by atoms with Crippen molar-refractivity contribution in [1.82, 2.24) is 5.06 Å². The molecule has 0 aromatic carbocycles. The van der Waals surface area contributed by atoms with Crippen molar-refractivity contribution in [1.29, 1.82) is 0 Å². The van der Waals surface area contributed by atoms with Crippen molar-refractivity contribution in [3.63, 3.8) is 0 Å². The van der Waals surface area contributed by atoms with Crippen LogP contribution in [0.25, 0.3) is 0 Å². The normalized spacial score (nSPS) is 14.9. The van der Waals surface area contributed by atoms with Gasteiger partial charge in [-0.2, -0.15) is 0 Å². The van der Waals surface area contributed by atoms with E-state index in [9.17, 15) is 39.5 Å². The number of alkyl halides is 9. The molecule has 0 aliphatic rings. The molecule has 0 rings (SSSR count). The van der Waals surface area contributed by atoms with Crippen molar-refractivity contribution >= 4 is 15.6 Å². The summed E-state index contributed by atoms with van der Waals surface area (Å²) in [5.74, 6) is 0. The van der Waals surface area contributed by atoms with Crippen LogP contribution in [0.15, 0.2) is 3.90 Å². The molecular weight excluding hydrogens is 324 g/mol. The van der Waals surface area contributed by atoms with Crippen molar-refractivity contribution in [3.05, 3.63) is 0 Å². The topological polar surface area (TPSA) is 24.8 Å². The summed E-state index contributed by atoms with van der Waals surface area (Å²) in [6, 6.07) is 0. The first-order valence-corrected chi connectivity index (χ1v) is 4.78. The Morgan fingerprint density at radius 2 is 1.19 bits per heavy atom. The van der Waals surface area contributed by atoms with Crippen molar-refractivity contribution in [2.75, 3.05) is 0 Å². The monoisotopic (exact) mass is 325 g/mol. The Morgan fingerprint density at radius 1 is 0.812 bits per heavy atom. The van der Waals surface area contributed by atoms with E-state index in [1.807, 2.05) is 0 Å². The molecular formula is C3F9GeN2O. The molecule has 0 atom stereocenters. The number of hydrogen-bond donors (Lipinski definition) is 0. The summed E-state index contributed by atoms with van der Waals surface area (Å²) in [4.78, 5) is 0. The summed E-state index contributed by atoms with van der Waals surface area (Å²) in [5, 5.41) is -2.42. The quantitative estimate of drug-likeness (QED) is 0.338. The molecule has 0 fully saturated rings. The van der Waals surface area contributed by atoms with Crippen molar-refractivity contribution in [2.24, 2.45) is 3.90 Å². The molecule has 13 heteroatoms. The van der Waals surface area contributed by atoms with Gasteiger partial charge in [-0.1, -0.05) is 0 Å². The van der Waals surface area contributed by atoms with E-state index < -0.39 is 39.5 Å². The summed E-state index contributed by atoms with van der Waals surface area (Å²) in [7, 11) is 0. The fourth-order valence-electron chi connectivity index (χ4n) is 0.360. The van der Waals surface area contributed by atoms with E-state index >= 15 is 0 Å². The van der Waals surface area contributed by atoms with Crippen LogP contribution < -0.4 is 0 Å². The molecule has 3 nitrogen and oxygen atoms in total. The second kappa shape index (κ2) is 4.77. The molecule has 1 radical (unpaired) electrons. The van der Waals surface area contributed by atoms with Crippen LogP contribution in [0, 0.1) is 0 Å². The van der Waals surface area contributed by atoms with E-state index in [1.54, 1.807) is 3.90 Å². The molecule has 0 aliphatic heterocycles. The molecule has 0 spiro atoms. The fraction of sp³-hybridized carbons (Fsp3) is 1.00. The molecule has 0 aliphatic carbocycles. The van der Waals surface area contributed by atoms with Crippen LogP contribution in [0.4, 0.5) is 39.5 Å².